The van der Waals surface area contributed by atoms with Gasteiger partial charge in [0.1, 0.15) is 5.51 Å². The Morgan fingerprint density at radius 1 is 1.44 bits per heavy atom. The van der Waals surface area contributed by atoms with Crippen LogP contribution in [0, 0.1) is 0 Å². The molecule has 2 rings (SSSR count). The van der Waals surface area contributed by atoms with Gasteiger partial charge in [-0.25, -0.2) is 0 Å². The van der Waals surface area contributed by atoms with Gasteiger partial charge in [0, 0.05) is 4.90 Å². The quantitative estimate of drug-likeness (QED) is 0.852. The maximum Gasteiger partial charge on any atom is 0.258 e. The zero-order valence-corrected chi connectivity index (χ0v) is 10.1. The highest BCUT2D eigenvalue weighted by Crippen LogP contribution is 2.21. The van der Waals surface area contributed by atoms with E-state index < -0.39 is 0 Å². The molecule has 1 N–H and O–H groups in total. The number of aromatic nitrogens is 2. The van der Waals surface area contributed by atoms with Crippen molar-refractivity contribution < 1.29 is 4.79 Å². The number of anilines is 1. The summed E-state index contributed by atoms with van der Waals surface area (Å²) in [6.45, 7) is 0. The zero-order valence-electron chi connectivity index (χ0n) is 8.51. The molecular formula is C10H9N3OS2. The van der Waals surface area contributed by atoms with Gasteiger partial charge in [-0.2, -0.15) is 0 Å². The Morgan fingerprint density at radius 2 is 2.25 bits per heavy atom. The molecule has 0 saturated heterocycles. The van der Waals surface area contributed by atoms with Gasteiger partial charge in [-0.05, 0) is 18.4 Å². The van der Waals surface area contributed by atoms with E-state index in [0.29, 0.717) is 10.7 Å². The monoisotopic (exact) mass is 251 g/mol. The third-order valence-corrected chi connectivity index (χ3v) is 3.33. The Labute approximate surface area is 101 Å². The van der Waals surface area contributed by atoms with Crippen molar-refractivity contribution in [2.45, 2.75) is 4.90 Å². The van der Waals surface area contributed by atoms with Crippen LogP contribution in [0.4, 0.5) is 5.13 Å². The minimum absolute atomic E-state index is 0.151. The van der Waals surface area contributed by atoms with E-state index in [4.69, 9.17) is 0 Å². The molecule has 4 nitrogen and oxygen atoms in total. The average Bonchev–Trinajstić information content (AvgIpc) is 2.81. The number of thioether (sulfide) groups is 1. The highest BCUT2D eigenvalue weighted by Gasteiger charge is 2.11. The lowest BCUT2D eigenvalue weighted by atomic mass is 10.2. The number of hydrogen-bond donors (Lipinski definition) is 1. The van der Waals surface area contributed by atoms with Gasteiger partial charge in [0.15, 0.2) is 0 Å². The smallest absolute Gasteiger partial charge is 0.258 e. The first-order valence-electron chi connectivity index (χ1n) is 4.52. The van der Waals surface area contributed by atoms with Crippen LogP contribution in [-0.2, 0) is 0 Å². The topological polar surface area (TPSA) is 54.9 Å². The number of rotatable bonds is 3. The first-order chi connectivity index (χ1) is 7.81. The number of benzene rings is 1. The normalized spacial score (nSPS) is 10.1. The molecule has 0 bridgehead atoms. The van der Waals surface area contributed by atoms with Gasteiger partial charge < -0.3 is 0 Å². The average molecular weight is 251 g/mol. The van der Waals surface area contributed by atoms with E-state index in [2.05, 4.69) is 15.5 Å². The summed E-state index contributed by atoms with van der Waals surface area (Å²) in [4.78, 5) is 12.9. The second kappa shape index (κ2) is 5.09. The summed E-state index contributed by atoms with van der Waals surface area (Å²) in [5.74, 6) is -0.151. The molecule has 0 aliphatic carbocycles. The van der Waals surface area contributed by atoms with Gasteiger partial charge in [-0.3, -0.25) is 10.1 Å². The highest BCUT2D eigenvalue weighted by molar-refractivity contribution is 7.98. The first-order valence-corrected chi connectivity index (χ1v) is 6.62. The molecule has 0 fully saturated rings. The second-order valence-corrected chi connectivity index (χ2v) is 4.58. The van der Waals surface area contributed by atoms with Crippen molar-refractivity contribution >= 4 is 34.1 Å². The lowest BCUT2D eigenvalue weighted by Crippen LogP contribution is -2.12. The summed E-state index contributed by atoms with van der Waals surface area (Å²) in [7, 11) is 0. The summed E-state index contributed by atoms with van der Waals surface area (Å²) in [6.07, 6.45) is 1.94. The predicted molar refractivity (Wildman–Crippen MR) is 66.1 cm³/mol. The van der Waals surface area contributed by atoms with E-state index in [0.717, 1.165) is 4.90 Å². The number of amides is 1. The number of carbonyl (C=O) groups is 1. The van der Waals surface area contributed by atoms with Gasteiger partial charge in [0.2, 0.25) is 5.13 Å². The van der Waals surface area contributed by atoms with Crippen LogP contribution < -0.4 is 5.32 Å². The van der Waals surface area contributed by atoms with Crippen LogP contribution in [0.25, 0.3) is 0 Å². The van der Waals surface area contributed by atoms with Crippen LogP contribution in [0.5, 0.6) is 0 Å². The van der Waals surface area contributed by atoms with Crippen molar-refractivity contribution in [1.82, 2.24) is 10.2 Å². The molecule has 2 aromatic rings. The fourth-order valence-corrected chi connectivity index (χ4v) is 2.26. The van der Waals surface area contributed by atoms with Crippen LogP contribution in [0.15, 0.2) is 34.7 Å². The van der Waals surface area contributed by atoms with Gasteiger partial charge in [-0.1, -0.05) is 23.5 Å². The van der Waals surface area contributed by atoms with E-state index >= 15 is 0 Å². The Kier molecular flexibility index (Phi) is 3.53. The molecule has 1 aromatic carbocycles. The fourth-order valence-electron chi connectivity index (χ4n) is 1.22. The molecule has 16 heavy (non-hydrogen) atoms. The van der Waals surface area contributed by atoms with Crippen molar-refractivity contribution in [1.29, 1.82) is 0 Å². The second-order valence-electron chi connectivity index (χ2n) is 2.90. The summed E-state index contributed by atoms with van der Waals surface area (Å²) >= 11 is 2.84. The third kappa shape index (κ3) is 2.40. The third-order valence-electron chi connectivity index (χ3n) is 1.93. The number of hydrogen-bond acceptors (Lipinski definition) is 5. The van der Waals surface area contributed by atoms with Crippen molar-refractivity contribution in [3.8, 4) is 0 Å². The van der Waals surface area contributed by atoms with Gasteiger partial charge in [0.25, 0.3) is 5.91 Å². The Balaban J connectivity index is 2.21. The summed E-state index contributed by atoms with van der Waals surface area (Å²) in [5.41, 5.74) is 2.24. The van der Waals surface area contributed by atoms with E-state index in [9.17, 15) is 4.79 Å². The predicted octanol–water partition coefficient (Wildman–Crippen LogP) is 2.51. The highest BCUT2D eigenvalue weighted by atomic mass is 32.2. The number of nitrogens with one attached hydrogen (secondary N) is 1. The van der Waals surface area contributed by atoms with Crippen LogP contribution in [0.3, 0.4) is 0 Å². The Hall–Kier alpha value is -1.40. The maximum absolute atomic E-state index is 11.9. The van der Waals surface area contributed by atoms with Crippen LogP contribution in [-0.4, -0.2) is 22.4 Å². The fraction of sp³-hybridized carbons (Fsp3) is 0.100. The summed E-state index contributed by atoms with van der Waals surface area (Å²) < 4.78 is 0. The van der Waals surface area contributed by atoms with E-state index in [1.54, 1.807) is 23.3 Å². The van der Waals surface area contributed by atoms with E-state index in [1.807, 2.05) is 24.5 Å². The minimum atomic E-state index is -0.151. The molecular weight excluding hydrogens is 242 g/mol. The molecule has 1 heterocycles. The molecule has 6 heteroatoms. The van der Waals surface area contributed by atoms with Gasteiger partial charge >= 0.3 is 0 Å². The van der Waals surface area contributed by atoms with Gasteiger partial charge in [0.05, 0.1) is 5.56 Å². The summed E-state index contributed by atoms with van der Waals surface area (Å²) in [5, 5.41) is 10.6. The Morgan fingerprint density at radius 3 is 2.94 bits per heavy atom. The first kappa shape index (κ1) is 11.1. The minimum Gasteiger partial charge on any atom is -0.296 e. The number of carbonyl (C=O) groups excluding carboxylic acids is 1. The standard InChI is InChI=1S/C10H9N3OS2/c1-15-8-5-3-2-4-7(8)9(14)12-10-13-11-6-16-10/h2-6H,1H3,(H,12,13,14). The van der Waals surface area contributed by atoms with Crippen LogP contribution in [0.1, 0.15) is 10.4 Å². The Bertz CT molecular complexity index is 485. The molecule has 0 saturated carbocycles. The molecule has 0 aliphatic rings. The lowest BCUT2D eigenvalue weighted by molar-refractivity contribution is 0.102. The van der Waals surface area contributed by atoms with E-state index in [1.165, 1.54) is 11.3 Å². The maximum atomic E-state index is 11.9. The van der Waals surface area contributed by atoms with Crippen molar-refractivity contribution in [3.63, 3.8) is 0 Å². The molecule has 1 amide bonds. The number of nitrogens with zero attached hydrogens (tertiary/aromatic N) is 2. The molecule has 0 unspecified atom stereocenters. The molecule has 0 atom stereocenters. The van der Waals surface area contributed by atoms with Crippen LogP contribution >= 0.6 is 23.1 Å². The SMILES string of the molecule is CSc1ccccc1C(=O)Nc1nncs1. The molecule has 0 aliphatic heterocycles. The van der Waals surface area contributed by atoms with Crippen molar-refractivity contribution in [2.24, 2.45) is 0 Å². The van der Waals surface area contributed by atoms with Crippen molar-refractivity contribution in [3.05, 3.63) is 35.3 Å². The molecule has 82 valence electrons. The molecule has 1 aromatic heterocycles. The lowest BCUT2D eigenvalue weighted by Gasteiger charge is -2.05. The van der Waals surface area contributed by atoms with Gasteiger partial charge in [-0.15, -0.1) is 22.0 Å². The van der Waals surface area contributed by atoms with Crippen LogP contribution in [0.2, 0.25) is 0 Å². The summed E-state index contributed by atoms with van der Waals surface area (Å²) in [6, 6.07) is 7.46. The van der Waals surface area contributed by atoms with E-state index in [-0.39, 0.29) is 5.91 Å². The molecule has 0 spiro atoms. The largest absolute Gasteiger partial charge is 0.296 e. The zero-order chi connectivity index (χ0) is 11.4. The van der Waals surface area contributed by atoms with Crippen molar-refractivity contribution in [2.75, 3.05) is 11.6 Å². The molecule has 0 radical (unpaired) electrons.